The van der Waals surface area contributed by atoms with E-state index in [9.17, 15) is 0 Å². The number of halogens is 2. The van der Waals surface area contributed by atoms with Crippen LogP contribution in [0.2, 0.25) is 10.0 Å². The maximum Gasteiger partial charge on any atom is 0.243 e. The van der Waals surface area contributed by atoms with E-state index in [0.29, 0.717) is 33.0 Å². The molecule has 0 aliphatic heterocycles. The topological polar surface area (TPSA) is 112 Å². The summed E-state index contributed by atoms with van der Waals surface area (Å²) in [6.07, 6.45) is 0. The van der Waals surface area contributed by atoms with E-state index in [1.165, 1.54) is 11.3 Å². The Morgan fingerprint density at radius 2 is 1.54 bits per heavy atom. The summed E-state index contributed by atoms with van der Waals surface area (Å²) >= 11 is 13.6. The number of aromatic nitrogens is 4. The summed E-state index contributed by atoms with van der Waals surface area (Å²) in [7, 11) is 3.43. The van der Waals surface area contributed by atoms with Crippen LogP contribution in [0.1, 0.15) is 0 Å². The summed E-state index contributed by atoms with van der Waals surface area (Å²) < 4.78 is 0. The number of benzene rings is 1. The van der Waals surface area contributed by atoms with Crippen LogP contribution >= 0.6 is 34.5 Å². The molecule has 0 unspecified atom stereocenters. The van der Waals surface area contributed by atoms with Crippen LogP contribution in [-0.2, 0) is 0 Å². The smallest absolute Gasteiger partial charge is 0.243 e. The molecule has 9 nitrogen and oxygen atoms in total. The maximum atomic E-state index is 6.24. The van der Waals surface area contributed by atoms with Gasteiger partial charge in [0, 0.05) is 30.1 Å². The molecule has 0 atom stereocenters. The molecule has 0 fully saturated rings. The van der Waals surface area contributed by atoms with Gasteiger partial charge in [-0.3, -0.25) is 16.2 Å². The molecule has 2 aromatic heterocycles. The second kappa shape index (κ2) is 8.43. The highest BCUT2D eigenvalue weighted by Crippen LogP contribution is 2.32. The van der Waals surface area contributed by atoms with Crippen LogP contribution in [-0.4, -0.2) is 34.0 Å². The van der Waals surface area contributed by atoms with Crippen LogP contribution in [0.25, 0.3) is 11.3 Å². The molecule has 0 saturated carbocycles. The lowest BCUT2D eigenvalue weighted by Crippen LogP contribution is -2.22. The van der Waals surface area contributed by atoms with E-state index in [1.807, 2.05) is 11.4 Å². The number of hydrogen-bond donors (Lipinski definition) is 5. The molecule has 5 N–H and O–H groups in total. The van der Waals surface area contributed by atoms with E-state index in [2.05, 4.69) is 47.0 Å². The van der Waals surface area contributed by atoms with Crippen molar-refractivity contribution in [2.75, 3.05) is 30.3 Å². The molecule has 3 aromatic rings. The van der Waals surface area contributed by atoms with Gasteiger partial charge in [-0.15, -0.1) is 11.3 Å². The Hall–Kier alpha value is -2.24. The quantitative estimate of drug-likeness (QED) is 0.374. The van der Waals surface area contributed by atoms with Crippen molar-refractivity contribution in [1.29, 1.82) is 0 Å². The number of nitrogens with one attached hydrogen (secondary N) is 5. The van der Waals surface area contributed by atoms with Gasteiger partial charge in [0.15, 0.2) is 5.13 Å². The van der Waals surface area contributed by atoms with Gasteiger partial charge in [0.1, 0.15) is 0 Å². The summed E-state index contributed by atoms with van der Waals surface area (Å²) in [5, 5.41) is 6.68. The van der Waals surface area contributed by atoms with Crippen molar-refractivity contribution in [3.8, 4) is 11.3 Å². The lowest BCUT2D eigenvalue weighted by atomic mass is 10.2. The highest BCUT2D eigenvalue weighted by molar-refractivity contribution is 7.14. The molecule has 3 rings (SSSR count). The molecule has 26 heavy (non-hydrogen) atoms. The van der Waals surface area contributed by atoms with E-state index in [-0.39, 0.29) is 0 Å². The minimum Gasteiger partial charge on any atom is -0.300 e. The molecule has 0 amide bonds. The molecule has 0 bridgehead atoms. The van der Waals surface area contributed by atoms with Gasteiger partial charge in [-0.25, -0.2) is 15.8 Å². The molecule has 0 aliphatic rings. The Bertz CT molecular complexity index is 878. The van der Waals surface area contributed by atoms with Crippen molar-refractivity contribution < 1.29 is 0 Å². The molecule has 0 saturated heterocycles. The van der Waals surface area contributed by atoms with Crippen LogP contribution < -0.4 is 27.0 Å². The first-order valence-electron chi connectivity index (χ1n) is 7.38. The van der Waals surface area contributed by atoms with Crippen molar-refractivity contribution in [3.63, 3.8) is 0 Å². The van der Waals surface area contributed by atoms with Crippen LogP contribution in [0, 0.1) is 0 Å². The van der Waals surface area contributed by atoms with E-state index in [4.69, 9.17) is 23.2 Å². The number of hydrazine groups is 2. The van der Waals surface area contributed by atoms with E-state index in [1.54, 1.807) is 26.2 Å². The zero-order valence-electron chi connectivity index (χ0n) is 13.8. The summed E-state index contributed by atoms with van der Waals surface area (Å²) in [5.74, 6) is 1.03. The zero-order chi connectivity index (χ0) is 18.5. The molecule has 2 heterocycles. The molecular weight excluding hydrogens is 397 g/mol. The second-order valence-electron chi connectivity index (χ2n) is 4.84. The van der Waals surface area contributed by atoms with Crippen molar-refractivity contribution in [2.45, 2.75) is 0 Å². The number of hydrogen-bond acceptors (Lipinski definition) is 10. The molecule has 0 spiro atoms. The fourth-order valence-electron chi connectivity index (χ4n) is 2.01. The van der Waals surface area contributed by atoms with Gasteiger partial charge in [0.25, 0.3) is 0 Å². The summed E-state index contributed by atoms with van der Waals surface area (Å²) in [6.45, 7) is 0. The average molecular weight is 412 g/mol. The van der Waals surface area contributed by atoms with Crippen LogP contribution in [0.5, 0.6) is 0 Å². The largest absolute Gasteiger partial charge is 0.300 e. The maximum absolute atomic E-state index is 6.24. The van der Waals surface area contributed by atoms with Crippen LogP contribution in [0.3, 0.4) is 0 Å². The van der Waals surface area contributed by atoms with Gasteiger partial charge >= 0.3 is 0 Å². The Labute approximate surface area is 163 Å². The van der Waals surface area contributed by atoms with Crippen LogP contribution in [0.4, 0.5) is 23.0 Å². The lowest BCUT2D eigenvalue weighted by Gasteiger charge is -2.08. The first kappa shape index (κ1) is 18.5. The Balaban J connectivity index is 1.84. The Morgan fingerprint density at radius 3 is 2.15 bits per heavy atom. The van der Waals surface area contributed by atoms with Crippen LogP contribution in [0.15, 0.2) is 23.6 Å². The van der Waals surface area contributed by atoms with Gasteiger partial charge in [0.2, 0.25) is 17.8 Å². The van der Waals surface area contributed by atoms with Gasteiger partial charge in [-0.05, 0) is 18.2 Å². The summed E-state index contributed by atoms with van der Waals surface area (Å²) in [5.41, 5.74) is 12.7. The SMILES string of the molecule is CNNc1nc(NNC)nc(Nc2nc(-c3ccc(Cl)cc3Cl)cs2)n1. The third kappa shape index (κ3) is 4.48. The second-order valence-corrected chi connectivity index (χ2v) is 6.55. The highest BCUT2D eigenvalue weighted by Gasteiger charge is 2.11. The Kier molecular flexibility index (Phi) is 6.01. The summed E-state index contributed by atoms with van der Waals surface area (Å²) in [4.78, 5) is 17.2. The molecule has 0 aliphatic carbocycles. The van der Waals surface area contributed by atoms with Crippen molar-refractivity contribution in [2.24, 2.45) is 0 Å². The third-order valence-corrected chi connectivity index (χ3v) is 4.34. The predicted molar refractivity (Wildman–Crippen MR) is 106 cm³/mol. The first-order chi connectivity index (χ1) is 12.6. The summed E-state index contributed by atoms with van der Waals surface area (Å²) in [6, 6.07) is 5.28. The number of nitrogens with zero attached hydrogens (tertiary/aromatic N) is 4. The standard InChI is InChI=1S/C14H15Cl2N9S/c1-17-24-12-20-11(21-13(22-12)25-18-2)23-14-19-10(6-26-14)8-4-3-7(15)5-9(8)16/h3-6,17-18H,1-2H3,(H3,19,20,21,22,23,24,25). The number of anilines is 4. The minimum absolute atomic E-state index is 0.332. The number of thiazole rings is 1. The van der Waals surface area contributed by atoms with Gasteiger partial charge in [-0.1, -0.05) is 23.2 Å². The highest BCUT2D eigenvalue weighted by atomic mass is 35.5. The monoisotopic (exact) mass is 411 g/mol. The first-order valence-corrected chi connectivity index (χ1v) is 9.02. The molecule has 0 radical (unpaired) electrons. The van der Waals surface area contributed by atoms with Gasteiger partial charge in [0.05, 0.1) is 10.7 Å². The third-order valence-electron chi connectivity index (χ3n) is 3.04. The molecule has 12 heteroatoms. The van der Waals surface area contributed by atoms with Gasteiger partial charge < -0.3 is 0 Å². The normalized spacial score (nSPS) is 10.6. The van der Waals surface area contributed by atoms with Gasteiger partial charge in [-0.2, -0.15) is 15.0 Å². The van der Waals surface area contributed by atoms with E-state index < -0.39 is 0 Å². The number of rotatable bonds is 7. The molecule has 136 valence electrons. The van der Waals surface area contributed by atoms with Crippen molar-refractivity contribution in [1.82, 2.24) is 30.8 Å². The van der Waals surface area contributed by atoms with E-state index >= 15 is 0 Å². The Morgan fingerprint density at radius 1 is 0.885 bits per heavy atom. The fraction of sp³-hybridized carbons (Fsp3) is 0.143. The van der Waals surface area contributed by atoms with E-state index in [0.717, 1.165) is 11.3 Å². The van der Waals surface area contributed by atoms with Crippen molar-refractivity contribution in [3.05, 3.63) is 33.6 Å². The predicted octanol–water partition coefficient (Wildman–Crippen LogP) is 3.14. The average Bonchev–Trinajstić information content (AvgIpc) is 3.03. The minimum atomic E-state index is 0.332. The van der Waals surface area contributed by atoms with Crippen molar-refractivity contribution >= 4 is 57.5 Å². The zero-order valence-corrected chi connectivity index (χ0v) is 16.1. The lowest BCUT2D eigenvalue weighted by molar-refractivity contribution is 0.894. The fourth-order valence-corrected chi connectivity index (χ4v) is 3.22. The molecule has 1 aromatic carbocycles. The molecular formula is C14H15Cl2N9S.